The van der Waals surface area contributed by atoms with Crippen LogP contribution in [0.2, 0.25) is 5.28 Å². The van der Waals surface area contributed by atoms with Crippen LogP contribution in [0.3, 0.4) is 0 Å². The van der Waals surface area contributed by atoms with Crippen molar-refractivity contribution < 1.29 is 4.74 Å². The third kappa shape index (κ3) is 3.47. The summed E-state index contributed by atoms with van der Waals surface area (Å²) in [6.07, 6.45) is 3.63. The minimum atomic E-state index is 0.165. The lowest BCUT2D eigenvalue weighted by atomic mass is 9.94. The third-order valence-electron chi connectivity index (χ3n) is 3.93. The normalized spacial score (nSPS) is 26.4. The Bertz CT molecular complexity index is 429. The maximum absolute atomic E-state index is 5.88. The molecule has 0 bridgehead atoms. The van der Waals surface area contributed by atoms with Crippen molar-refractivity contribution in [1.29, 1.82) is 0 Å². The first kappa shape index (κ1) is 14.3. The van der Waals surface area contributed by atoms with Gasteiger partial charge in [-0.05, 0) is 43.2 Å². The van der Waals surface area contributed by atoms with E-state index >= 15 is 0 Å². The van der Waals surface area contributed by atoms with Gasteiger partial charge in [-0.15, -0.1) is 0 Å². The van der Waals surface area contributed by atoms with E-state index < -0.39 is 0 Å². The van der Waals surface area contributed by atoms with Gasteiger partial charge in [-0.2, -0.15) is 15.0 Å². The fraction of sp³-hybridized carbons (Fsp3) is 0.769. The van der Waals surface area contributed by atoms with Crippen LogP contribution in [0.15, 0.2) is 0 Å². The van der Waals surface area contributed by atoms with Crippen LogP contribution in [0.4, 0.5) is 5.95 Å². The Morgan fingerprint density at radius 2 is 2.05 bits per heavy atom. The lowest BCUT2D eigenvalue weighted by Crippen LogP contribution is -2.26. The summed E-state index contributed by atoms with van der Waals surface area (Å²) in [6.45, 7) is 6.93. The quantitative estimate of drug-likeness (QED) is 0.900. The van der Waals surface area contributed by atoms with E-state index in [0.717, 1.165) is 12.3 Å². The molecule has 0 aliphatic heterocycles. The number of ether oxygens (including phenoxy) is 1. The highest BCUT2D eigenvalue weighted by atomic mass is 35.5. The van der Waals surface area contributed by atoms with E-state index in [9.17, 15) is 0 Å². The highest BCUT2D eigenvalue weighted by molar-refractivity contribution is 6.28. The summed E-state index contributed by atoms with van der Waals surface area (Å²) in [4.78, 5) is 12.3. The molecule has 0 amide bonds. The second-order valence-electron chi connectivity index (χ2n) is 5.00. The highest BCUT2D eigenvalue weighted by Gasteiger charge is 2.32. The van der Waals surface area contributed by atoms with Gasteiger partial charge >= 0.3 is 6.01 Å². The van der Waals surface area contributed by atoms with Crippen LogP contribution < -0.4 is 10.1 Å². The van der Waals surface area contributed by atoms with E-state index in [0.29, 0.717) is 24.5 Å². The van der Waals surface area contributed by atoms with Crippen LogP contribution in [0, 0.1) is 11.8 Å². The van der Waals surface area contributed by atoms with E-state index in [1.54, 1.807) is 0 Å². The van der Waals surface area contributed by atoms with Gasteiger partial charge in [0, 0.05) is 6.04 Å². The van der Waals surface area contributed by atoms with Gasteiger partial charge in [0.2, 0.25) is 11.2 Å². The van der Waals surface area contributed by atoms with Gasteiger partial charge in [0.1, 0.15) is 0 Å². The molecule has 1 fully saturated rings. The van der Waals surface area contributed by atoms with E-state index in [-0.39, 0.29) is 11.3 Å². The van der Waals surface area contributed by atoms with Gasteiger partial charge in [0.15, 0.2) is 0 Å². The molecule has 1 aliphatic carbocycles. The van der Waals surface area contributed by atoms with Crippen molar-refractivity contribution in [2.45, 2.75) is 46.1 Å². The average Bonchev–Trinajstić information content (AvgIpc) is 2.70. The molecule has 1 aromatic rings. The summed E-state index contributed by atoms with van der Waals surface area (Å²) >= 11 is 5.88. The molecule has 3 atom stereocenters. The van der Waals surface area contributed by atoms with Crippen LogP contribution >= 0.6 is 11.6 Å². The molecular formula is C13H21ClN4O. The lowest BCUT2D eigenvalue weighted by molar-refractivity contribution is 0.311. The smallest absolute Gasteiger partial charge is 0.322 e. The fourth-order valence-electron chi connectivity index (χ4n) is 2.78. The molecule has 3 unspecified atom stereocenters. The topological polar surface area (TPSA) is 59.9 Å². The first-order valence-corrected chi connectivity index (χ1v) is 7.32. The molecular weight excluding hydrogens is 264 g/mol. The maximum Gasteiger partial charge on any atom is 0.322 e. The number of rotatable bonds is 5. The first-order valence-electron chi connectivity index (χ1n) is 6.95. The molecule has 1 aliphatic rings. The van der Waals surface area contributed by atoms with Gasteiger partial charge < -0.3 is 10.1 Å². The average molecular weight is 285 g/mol. The second-order valence-corrected chi connectivity index (χ2v) is 5.34. The minimum Gasteiger partial charge on any atom is -0.464 e. The van der Waals surface area contributed by atoms with E-state index in [2.05, 4.69) is 34.1 Å². The molecule has 0 saturated heterocycles. The van der Waals surface area contributed by atoms with Crippen molar-refractivity contribution in [2.24, 2.45) is 11.8 Å². The molecule has 1 aromatic heterocycles. The molecule has 5 nitrogen and oxygen atoms in total. The van der Waals surface area contributed by atoms with Gasteiger partial charge in [-0.25, -0.2) is 0 Å². The van der Waals surface area contributed by atoms with Crippen LogP contribution in [0.5, 0.6) is 6.01 Å². The van der Waals surface area contributed by atoms with E-state index in [1.165, 1.54) is 12.8 Å². The molecule has 106 valence electrons. The molecule has 1 N–H and O–H groups in total. The van der Waals surface area contributed by atoms with Crippen LogP contribution in [0.1, 0.15) is 40.0 Å². The standard InChI is InChI=1S/C13H21ClN4O/c1-4-9-6-7-10(8(9)3)15-12-16-11(14)17-13(18-12)19-5-2/h8-10H,4-7H2,1-3H3,(H,15,16,17,18). The summed E-state index contributed by atoms with van der Waals surface area (Å²) in [5, 5.41) is 3.53. The van der Waals surface area contributed by atoms with Crippen LogP contribution in [-0.2, 0) is 0 Å². The SMILES string of the molecule is CCOc1nc(Cl)nc(NC2CCC(CC)C2C)n1. The Labute approximate surface area is 119 Å². The van der Waals surface area contributed by atoms with Gasteiger partial charge in [0.05, 0.1) is 6.61 Å². The monoisotopic (exact) mass is 284 g/mol. The predicted octanol–water partition coefficient (Wildman–Crippen LogP) is 3.16. The van der Waals surface area contributed by atoms with E-state index in [4.69, 9.17) is 16.3 Å². The van der Waals surface area contributed by atoms with Crippen molar-refractivity contribution in [2.75, 3.05) is 11.9 Å². The molecule has 6 heteroatoms. The van der Waals surface area contributed by atoms with Crippen molar-refractivity contribution in [3.8, 4) is 6.01 Å². The highest BCUT2D eigenvalue weighted by Crippen LogP contribution is 2.35. The van der Waals surface area contributed by atoms with Crippen molar-refractivity contribution in [3.63, 3.8) is 0 Å². The zero-order valence-electron chi connectivity index (χ0n) is 11.7. The Morgan fingerprint density at radius 1 is 1.26 bits per heavy atom. The zero-order valence-corrected chi connectivity index (χ0v) is 12.4. The number of hydrogen-bond acceptors (Lipinski definition) is 5. The Balaban J connectivity index is 2.06. The molecule has 1 saturated carbocycles. The largest absolute Gasteiger partial charge is 0.464 e. The second kappa shape index (κ2) is 6.37. The van der Waals surface area contributed by atoms with Gasteiger partial charge in [0.25, 0.3) is 0 Å². The number of nitrogens with zero attached hydrogens (tertiary/aromatic N) is 3. The van der Waals surface area contributed by atoms with Gasteiger partial charge in [-0.3, -0.25) is 0 Å². The summed E-state index contributed by atoms with van der Waals surface area (Å²) < 4.78 is 5.27. The number of aromatic nitrogens is 3. The number of anilines is 1. The van der Waals surface area contributed by atoms with Crippen molar-refractivity contribution >= 4 is 17.5 Å². The summed E-state index contributed by atoms with van der Waals surface area (Å²) in [6, 6.07) is 0.681. The zero-order chi connectivity index (χ0) is 13.8. The molecule has 1 heterocycles. The summed E-state index contributed by atoms with van der Waals surface area (Å²) in [5.41, 5.74) is 0. The van der Waals surface area contributed by atoms with Crippen LogP contribution in [0.25, 0.3) is 0 Å². The van der Waals surface area contributed by atoms with E-state index in [1.807, 2.05) is 6.92 Å². The van der Waals surface area contributed by atoms with Gasteiger partial charge in [-0.1, -0.05) is 20.3 Å². The number of hydrogen-bond donors (Lipinski definition) is 1. The summed E-state index contributed by atoms with van der Waals surface area (Å²) in [7, 11) is 0. The number of nitrogens with one attached hydrogen (secondary N) is 1. The Morgan fingerprint density at radius 3 is 2.68 bits per heavy atom. The first-order chi connectivity index (χ1) is 9.13. The predicted molar refractivity (Wildman–Crippen MR) is 75.6 cm³/mol. The lowest BCUT2D eigenvalue weighted by Gasteiger charge is -2.20. The van der Waals surface area contributed by atoms with Crippen LogP contribution in [-0.4, -0.2) is 27.6 Å². The molecule has 0 aromatic carbocycles. The Kier molecular flexibility index (Phi) is 4.80. The molecule has 19 heavy (non-hydrogen) atoms. The molecule has 0 spiro atoms. The molecule has 2 rings (SSSR count). The minimum absolute atomic E-state index is 0.165. The Hall–Kier alpha value is -1.10. The summed E-state index contributed by atoms with van der Waals surface area (Å²) in [5.74, 6) is 1.91. The number of halogens is 1. The molecule has 0 radical (unpaired) electrons. The van der Waals surface area contributed by atoms with Crippen molar-refractivity contribution in [3.05, 3.63) is 5.28 Å². The maximum atomic E-state index is 5.88. The van der Waals surface area contributed by atoms with Crippen molar-refractivity contribution in [1.82, 2.24) is 15.0 Å². The fourth-order valence-corrected chi connectivity index (χ4v) is 2.94. The third-order valence-corrected chi connectivity index (χ3v) is 4.10.